The number of amides is 2. The number of ether oxygens (including phenoxy) is 1. The fraction of sp³-hybridized carbons (Fsp3) is 0.130. The highest BCUT2D eigenvalue weighted by Crippen LogP contribution is 2.36. The molecule has 28 heavy (non-hydrogen) atoms. The smallest absolute Gasteiger partial charge is 0.259 e. The van der Waals surface area contributed by atoms with Gasteiger partial charge >= 0.3 is 0 Å². The minimum atomic E-state index is -0.278. The zero-order valence-electron chi connectivity index (χ0n) is 15.5. The molecule has 3 aromatic rings. The number of hydrogen-bond donors (Lipinski definition) is 2. The van der Waals surface area contributed by atoms with E-state index in [4.69, 9.17) is 4.74 Å². The summed E-state index contributed by atoms with van der Waals surface area (Å²) in [4.78, 5) is 25.1. The monoisotopic (exact) mass is 372 g/mol. The number of nitrogens with one attached hydrogen (secondary N) is 2. The Bertz CT molecular complexity index is 1040. The fourth-order valence-electron chi connectivity index (χ4n) is 3.16. The number of anilines is 2. The van der Waals surface area contributed by atoms with Crippen molar-refractivity contribution in [2.75, 3.05) is 10.6 Å². The predicted octanol–water partition coefficient (Wildman–Crippen LogP) is 5.25. The third-order valence-corrected chi connectivity index (χ3v) is 4.59. The Labute approximate surface area is 163 Å². The average Bonchev–Trinajstić information content (AvgIpc) is 2.84. The highest BCUT2D eigenvalue weighted by atomic mass is 16.5. The van der Waals surface area contributed by atoms with Crippen LogP contribution in [0.15, 0.2) is 66.7 Å². The van der Waals surface area contributed by atoms with E-state index in [9.17, 15) is 9.59 Å². The molecule has 0 aromatic heterocycles. The fourth-order valence-corrected chi connectivity index (χ4v) is 3.16. The van der Waals surface area contributed by atoms with Crippen LogP contribution in [0.5, 0.6) is 11.5 Å². The zero-order valence-corrected chi connectivity index (χ0v) is 15.5. The summed E-state index contributed by atoms with van der Waals surface area (Å²) in [6.07, 6.45) is 2.05. The average molecular weight is 372 g/mol. The summed E-state index contributed by atoms with van der Waals surface area (Å²) in [5.74, 6) is 0.532. The van der Waals surface area contributed by atoms with E-state index in [1.807, 2.05) is 36.4 Å². The van der Waals surface area contributed by atoms with Gasteiger partial charge in [0.15, 0.2) is 5.75 Å². The molecule has 2 amide bonds. The molecular weight excluding hydrogens is 352 g/mol. The van der Waals surface area contributed by atoms with Crippen molar-refractivity contribution in [3.05, 3.63) is 83.4 Å². The lowest BCUT2D eigenvalue weighted by Gasteiger charge is -2.10. The van der Waals surface area contributed by atoms with Crippen LogP contribution in [-0.4, -0.2) is 11.8 Å². The number of aryl methyl sites for hydroxylation is 1. The van der Waals surface area contributed by atoms with Crippen LogP contribution in [0.3, 0.4) is 0 Å². The molecule has 5 nitrogen and oxygen atoms in total. The van der Waals surface area contributed by atoms with Crippen molar-refractivity contribution in [2.45, 2.75) is 19.8 Å². The van der Waals surface area contributed by atoms with Crippen molar-refractivity contribution in [3.63, 3.8) is 0 Å². The minimum Gasteiger partial charge on any atom is -0.454 e. The second-order valence-electron chi connectivity index (χ2n) is 6.66. The van der Waals surface area contributed by atoms with E-state index < -0.39 is 0 Å². The van der Waals surface area contributed by atoms with Gasteiger partial charge in [0, 0.05) is 11.3 Å². The Morgan fingerprint density at radius 3 is 2.57 bits per heavy atom. The summed E-state index contributed by atoms with van der Waals surface area (Å²) < 4.78 is 5.86. The molecule has 0 spiro atoms. The van der Waals surface area contributed by atoms with Crippen LogP contribution in [0.1, 0.15) is 39.6 Å². The molecule has 1 aliphatic heterocycles. The number of fused-ring (bicyclic) bond motifs is 2. The first-order valence-corrected chi connectivity index (χ1v) is 9.26. The molecule has 4 rings (SSSR count). The van der Waals surface area contributed by atoms with Gasteiger partial charge < -0.3 is 15.4 Å². The predicted molar refractivity (Wildman–Crippen MR) is 109 cm³/mol. The summed E-state index contributed by atoms with van der Waals surface area (Å²) in [5, 5.41) is 5.68. The summed E-state index contributed by atoms with van der Waals surface area (Å²) >= 11 is 0. The first-order chi connectivity index (χ1) is 13.6. The summed E-state index contributed by atoms with van der Waals surface area (Å²) in [6, 6.07) is 19.9. The molecule has 0 fully saturated rings. The standard InChI is InChI=1S/C23H20N2O3/c1-2-5-15-8-10-16(11-9-15)22(26)24-17-12-13-20-18(14-17)23(27)25-19-6-3-4-7-21(19)28-20/h3-4,6-14H,2,5H2,1H3,(H,24,26)(H,25,27). The minimum absolute atomic E-state index is 0.221. The molecule has 0 atom stereocenters. The molecule has 1 aliphatic rings. The second kappa shape index (κ2) is 7.56. The van der Waals surface area contributed by atoms with Crippen molar-refractivity contribution in [1.29, 1.82) is 0 Å². The third-order valence-electron chi connectivity index (χ3n) is 4.59. The van der Waals surface area contributed by atoms with E-state index in [0.717, 1.165) is 12.8 Å². The topological polar surface area (TPSA) is 67.4 Å². The van der Waals surface area contributed by atoms with Gasteiger partial charge in [-0.1, -0.05) is 37.6 Å². The Balaban J connectivity index is 1.55. The van der Waals surface area contributed by atoms with Crippen LogP contribution in [0.25, 0.3) is 0 Å². The molecule has 0 radical (unpaired) electrons. The van der Waals surface area contributed by atoms with Gasteiger partial charge in [-0.25, -0.2) is 0 Å². The lowest BCUT2D eigenvalue weighted by atomic mass is 10.1. The van der Waals surface area contributed by atoms with Crippen LogP contribution in [0.4, 0.5) is 11.4 Å². The molecule has 2 N–H and O–H groups in total. The lowest BCUT2D eigenvalue weighted by Crippen LogP contribution is -2.14. The van der Waals surface area contributed by atoms with Crippen LogP contribution in [0.2, 0.25) is 0 Å². The highest BCUT2D eigenvalue weighted by Gasteiger charge is 2.21. The highest BCUT2D eigenvalue weighted by molar-refractivity contribution is 6.10. The molecule has 5 heteroatoms. The Kier molecular flexibility index (Phi) is 4.81. The SMILES string of the molecule is CCCc1ccc(C(=O)Nc2ccc3c(c2)C(=O)Nc2ccccc2O3)cc1. The van der Waals surface area contributed by atoms with Crippen molar-refractivity contribution >= 4 is 23.2 Å². The van der Waals surface area contributed by atoms with Gasteiger partial charge in [-0.15, -0.1) is 0 Å². The third kappa shape index (κ3) is 3.60. The summed E-state index contributed by atoms with van der Waals surface area (Å²) in [5.41, 5.74) is 3.29. The number of rotatable bonds is 4. The molecule has 3 aromatic carbocycles. The Hall–Kier alpha value is -3.60. The van der Waals surface area contributed by atoms with Gasteiger partial charge in [-0.2, -0.15) is 0 Å². The van der Waals surface area contributed by atoms with Gasteiger partial charge in [0.25, 0.3) is 11.8 Å². The zero-order chi connectivity index (χ0) is 19.5. The number of carbonyl (C=O) groups excluding carboxylic acids is 2. The van der Waals surface area contributed by atoms with Crippen molar-refractivity contribution in [1.82, 2.24) is 0 Å². The first-order valence-electron chi connectivity index (χ1n) is 9.26. The van der Waals surface area contributed by atoms with Crippen LogP contribution in [0, 0.1) is 0 Å². The van der Waals surface area contributed by atoms with Gasteiger partial charge in [0.1, 0.15) is 5.75 Å². The van der Waals surface area contributed by atoms with Gasteiger partial charge in [0.05, 0.1) is 11.3 Å². The molecule has 1 heterocycles. The number of hydrogen-bond acceptors (Lipinski definition) is 3. The molecule has 0 aliphatic carbocycles. The second-order valence-corrected chi connectivity index (χ2v) is 6.66. The van der Waals surface area contributed by atoms with Crippen LogP contribution < -0.4 is 15.4 Å². The van der Waals surface area contributed by atoms with E-state index >= 15 is 0 Å². The molecule has 0 bridgehead atoms. The molecule has 0 unspecified atom stereocenters. The summed E-state index contributed by atoms with van der Waals surface area (Å²) in [6.45, 7) is 2.12. The largest absolute Gasteiger partial charge is 0.454 e. The van der Waals surface area contributed by atoms with Gasteiger partial charge in [-0.3, -0.25) is 9.59 Å². The number of benzene rings is 3. The van der Waals surface area contributed by atoms with E-state index in [1.54, 1.807) is 30.3 Å². The van der Waals surface area contributed by atoms with Gasteiger partial charge in [0.2, 0.25) is 0 Å². The van der Waals surface area contributed by atoms with E-state index in [-0.39, 0.29) is 11.8 Å². The van der Waals surface area contributed by atoms with Crippen molar-refractivity contribution in [2.24, 2.45) is 0 Å². The molecule has 140 valence electrons. The maximum Gasteiger partial charge on any atom is 0.259 e. The Morgan fingerprint density at radius 1 is 1.00 bits per heavy atom. The number of carbonyl (C=O) groups is 2. The van der Waals surface area contributed by atoms with Crippen LogP contribution in [-0.2, 0) is 6.42 Å². The van der Waals surface area contributed by atoms with Crippen molar-refractivity contribution < 1.29 is 14.3 Å². The number of para-hydroxylation sites is 2. The normalized spacial score (nSPS) is 12.1. The van der Waals surface area contributed by atoms with Gasteiger partial charge in [-0.05, 0) is 54.4 Å². The lowest BCUT2D eigenvalue weighted by molar-refractivity contribution is 0.101. The van der Waals surface area contributed by atoms with Crippen LogP contribution >= 0.6 is 0 Å². The molecule has 0 saturated heterocycles. The molecule has 0 saturated carbocycles. The van der Waals surface area contributed by atoms with E-state index in [2.05, 4.69) is 17.6 Å². The molecular formula is C23H20N2O3. The quantitative estimate of drug-likeness (QED) is 0.657. The van der Waals surface area contributed by atoms with E-state index in [0.29, 0.717) is 34.0 Å². The maximum absolute atomic E-state index is 12.6. The first kappa shape index (κ1) is 17.8. The van der Waals surface area contributed by atoms with Crippen molar-refractivity contribution in [3.8, 4) is 11.5 Å². The Morgan fingerprint density at radius 2 is 1.79 bits per heavy atom. The maximum atomic E-state index is 12.6. The summed E-state index contributed by atoms with van der Waals surface area (Å²) in [7, 11) is 0. The van der Waals surface area contributed by atoms with E-state index in [1.165, 1.54) is 5.56 Å².